The zero-order valence-corrected chi connectivity index (χ0v) is 41.2. The van der Waals surface area contributed by atoms with Crippen molar-refractivity contribution in [2.75, 3.05) is 9.80 Å². The number of allylic oxidation sites excluding steroid dienone is 1. The Morgan fingerprint density at radius 3 is 1.87 bits per heavy atom. The quantitative estimate of drug-likeness (QED) is 0.165. The molecule has 1 aromatic heterocycles. The van der Waals surface area contributed by atoms with Gasteiger partial charge in [0.15, 0.2) is 0 Å². The van der Waals surface area contributed by atoms with Crippen molar-refractivity contribution >= 4 is 73.8 Å². The summed E-state index contributed by atoms with van der Waals surface area (Å²) in [5.41, 5.74) is 25.3. The van der Waals surface area contributed by atoms with Crippen molar-refractivity contribution in [3.63, 3.8) is 0 Å². The Bertz CT molecular complexity index is 3400. The van der Waals surface area contributed by atoms with Gasteiger partial charge in [0.2, 0.25) is 0 Å². The summed E-state index contributed by atoms with van der Waals surface area (Å²) in [6.07, 6.45) is 4.31. The average molecular weight is 873 g/mol. The van der Waals surface area contributed by atoms with E-state index in [0.717, 1.165) is 29.9 Å². The maximum atomic E-state index is 6.43. The highest BCUT2D eigenvalue weighted by atomic mass is 16.3. The Kier molecular flexibility index (Phi) is 8.91. The lowest BCUT2D eigenvalue weighted by Crippen LogP contribution is -2.61. The predicted octanol–water partition coefficient (Wildman–Crippen LogP) is 15.1. The summed E-state index contributed by atoms with van der Waals surface area (Å²) in [5, 5.41) is 1.19. The fourth-order valence-corrected chi connectivity index (χ4v) is 11.8. The molecule has 0 spiro atoms. The van der Waals surface area contributed by atoms with Crippen molar-refractivity contribution in [3.8, 4) is 11.1 Å². The highest BCUT2D eigenvalue weighted by Crippen LogP contribution is 2.53. The summed E-state index contributed by atoms with van der Waals surface area (Å²) in [6.45, 7) is 26.0. The zero-order valence-electron chi connectivity index (χ0n) is 41.2. The van der Waals surface area contributed by atoms with Crippen molar-refractivity contribution in [2.24, 2.45) is 0 Å². The normalized spacial score (nSPS) is 15.7. The molecule has 0 fully saturated rings. The van der Waals surface area contributed by atoms with Crippen molar-refractivity contribution in [2.45, 2.75) is 111 Å². The molecular formula is C63H61BN2O. The Labute approximate surface area is 398 Å². The first kappa shape index (κ1) is 41.9. The third-order valence-corrected chi connectivity index (χ3v) is 15.6. The summed E-state index contributed by atoms with van der Waals surface area (Å²) in [5.74, 6) is 1.09. The molecule has 2 aliphatic heterocycles. The molecular weight excluding hydrogens is 812 g/mol. The van der Waals surface area contributed by atoms with Crippen LogP contribution in [0.25, 0.3) is 27.7 Å². The van der Waals surface area contributed by atoms with E-state index in [1.165, 1.54) is 106 Å². The molecule has 4 aliphatic rings. The minimum Gasteiger partial charge on any atom is -0.460 e. The van der Waals surface area contributed by atoms with Crippen LogP contribution in [-0.2, 0) is 28.1 Å². The summed E-state index contributed by atoms with van der Waals surface area (Å²) in [7, 11) is 0. The van der Waals surface area contributed by atoms with Crippen LogP contribution in [0.15, 0.2) is 150 Å². The molecule has 0 atom stereocenters. The number of hydrogen-bond acceptors (Lipinski definition) is 3. The Hall–Kier alpha value is -6.52. The molecule has 0 N–H and O–H groups in total. The van der Waals surface area contributed by atoms with Gasteiger partial charge in [-0.25, -0.2) is 0 Å². The van der Waals surface area contributed by atoms with Crippen molar-refractivity contribution in [3.05, 3.63) is 190 Å². The average Bonchev–Trinajstić information content (AvgIpc) is 3.79. The summed E-state index contributed by atoms with van der Waals surface area (Å²) < 4.78 is 6.43. The Morgan fingerprint density at radius 2 is 1.13 bits per heavy atom. The van der Waals surface area contributed by atoms with Gasteiger partial charge in [0.1, 0.15) is 11.3 Å². The standard InChI is InChI=1S/C63H61BN2O/c1-60(2,3)39-26-32-52-51(33-39)64-50-31-25-40(61(4,5)6)34-53(50)66(43-29-30-46-45-17-12-14-20-48(45)63(10,11)49(46)37-43)55-36-41(62(7,8)9)35-54(59(55)64)65(52)42-27-23-38(24-28-42)44-19-16-22-57-58(44)47-18-13-15-21-56(47)67-57/h12-15,17-21,23-37H,16,22H2,1-11H3. The lowest BCUT2D eigenvalue weighted by molar-refractivity contribution is 0.545. The lowest BCUT2D eigenvalue weighted by Gasteiger charge is -2.46. The van der Waals surface area contributed by atoms with Crippen molar-refractivity contribution in [1.29, 1.82) is 0 Å². The third-order valence-electron chi connectivity index (χ3n) is 15.6. The largest absolute Gasteiger partial charge is 0.460 e. The second kappa shape index (κ2) is 14.3. The summed E-state index contributed by atoms with van der Waals surface area (Å²) in [4.78, 5) is 5.22. The van der Waals surface area contributed by atoms with E-state index in [9.17, 15) is 0 Å². The predicted molar refractivity (Wildman–Crippen MR) is 286 cm³/mol. The van der Waals surface area contributed by atoms with Gasteiger partial charge < -0.3 is 14.2 Å². The van der Waals surface area contributed by atoms with Gasteiger partial charge in [-0.15, -0.1) is 0 Å². The Balaban J connectivity index is 1.11. The highest BCUT2D eigenvalue weighted by Gasteiger charge is 2.45. The zero-order chi connectivity index (χ0) is 46.5. The van der Waals surface area contributed by atoms with Gasteiger partial charge in [-0.2, -0.15) is 0 Å². The molecule has 0 bridgehead atoms. The minimum absolute atomic E-state index is 0.0288. The minimum atomic E-state index is -0.131. The van der Waals surface area contributed by atoms with E-state index in [-0.39, 0.29) is 28.4 Å². The second-order valence-electron chi connectivity index (χ2n) is 23.3. The number of fused-ring (bicyclic) bond motifs is 10. The second-order valence-corrected chi connectivity index (χ2v) is 23.3. The molecule has 4 heteroatoms. The van der Waals surface area contributed by atoms with E-state index < -0.39 is 0 Å². The summed E-state index contributed by atoms with van der Waals surface area (Å²) in [6, 6.07) is 54.0. The van der Waals surface area contributed by atoms with Crippen LogP contribution in [0.4, 0.5) is 34.1 Å². The molecule has 332 valence electrons. The number of aryl methyl sites for hydroxylation is 1. The monoisotopic (exact) mass is 872 g/mol. The number of hydrogen-bond donors (Lipinski definition) is 0. The van der Waals surface area contributed by atoms with E-state index in [2.05, 4.69) is 232 Å². The number of para-hydroxylation sites is 1. The lowest BCUT2D eigenvalue weighted by atomic mass is 9.33. The molecule has 0 radical (unpaired) electrons. The Morgan fingerprint density at radius 1 is 0.522 bits per heavy atom. The molecule has 3 heterocycles. The molecule has 0 amide bonds. The van der Waals surface area contributed by atoms with Gasteiger partial charge in [0.25, 0.3) is 6.71 Å². The summed E-state index contributed by atoms with van der Waals surface area (Å²) >= 11 is 0. The number of nitrogens with zero attached hydrogens (tertiary/aromatic N) is 2. The SMILES string of the molecule is CC(C)(C)c1ccc2c(c1)B1c3ccc(C(C)(C)C)cc3N(c3ccc4c(c3)C(C)(C)c3ccccc3-4)c3cc(C(C)(C)C)cc(c31)N2c1ccc(C2=CCCc3oc4ccccc4c32)cc1. The van der Waals surface area contributed by atoms with Crippen LogP contribution >= 0.6 is 0 Å². The van der Waals surface area contributed by atoms with Crippen LogP contribution in [0, 0.1) is 0 Å². The number of furan rings is 1. The van der Waals surface area contributed by atoms with Crippen LogP contribution in [0.2, 0.25) is 0 Å². The molecule has 0 saturated carbocycles. The van der Waals surface area contributed by atoms with Gasteiger partial charge in [-0.3, -0.25) is 0 Å². The van der Waals surface area contributed by atoms with Gasteiger partial charge in [-0.05, 0) is 144 Å². The van der Waals surface area contributed by atoms with Crippen molar-refractivity contribution in [1.82, 2.24) is 0 Å². The number of benzene rings is 7. The van der Waals surface area contributed by atoms with Gasteiger partial charge in [0, 0.05) is 56.9 Å². The van der Waals surface area contributed by atoms with Gasteiger partial charge in [0.05, 0.1) is 0 Å². The van der Waals surface area contributed by atoms with Crippen LogP contribution in [0.3, 0.4) is 0 Å². The third kappa shape index (κ3) is 6.31. The first-order valence-corrected chi connectivity index (χ1v) is 24.5. The van der Waals surface area contributed by atoms with Crippen LogP contribution < -0.4 is 26.2 Å². The highest BCUT2D eigenvalue weighted by molar-refractivity contribution is 7.00. The van der Waals surface area contributed by atoms with E-state index in [1.807, 2.05) is 0 Å². The number of anilines is 6. The fraction of sp³-hybridized carbons (Fsp3) is 0.270. The fourth-order valence-electron chi connectivity index (χ4n) is 11.8. The molecule has 8 aromatic rings. The van der Waals surface area contributed by atoms with Crippen LogP contribution in [-0.4, -0.2) is 6.71 Å². The molecule has 3 nitrogen and oxygen atoms in total. The van der Waals surface area contributed by atoms with E-state index in [4.69, 9.17) is 4.42 Å². The topological polar surface area (TPSA) is 19.6 Å². The van der Waals surface area contributed by atoms with Crippen LogP contribution in [0.1, 0.15) is 127 Å². The van der Waals surface area contributed by atoms with E-state index >= 15 is 0 Å². The molecule has 12 rings (SSSR count). The first-order chi connectivity index (χ1) is 31.9. The first-order valence-electron chi connectivity index (χ1n) is 24.5. The van der Waals surface area contributed by atoms with Crippen molar-refractivity contribution < 1.29 is 4.42 Å². The maximum absolute atomic E-state index is 6.43. The van der Waals surface area contributed by atoms with E-state index in [1.54, 1.807) is 0 Å². The number of rotatable bonds is 3. The molecule has 7 aromatic carbocycles. The van der Waals surface area contributed by atoms with Crippen LogP contribution in [0.5, 0.6) is 0 Å². The maximum Gasteiger partial charge on any atom is 0.252 e. The smallest absolute Gasteiger partial charge is 0.252 e. The molecule has 67 heavy (non-hydrogen) atoms. The molecule has 0 saturated heterocycles. The molecule has 0 unspecified atom stereocenters. The van der Waals surface area contributed by atoms with Gasteiger partial charge >= 0.3 is 0 Å². The molecule has 2 aliphatic carbocycles. The van der Waals surface area contributed by atoms with E-state index in [0.29, 0.717) is 0 Å². The van der Waals surface area contributed by atoms with Gasteiger partial charge in [-0.1, -0.05) is 167 Å².